The molecule has 7 amide bonds. The Hall–Kier alpha value is -8.74. The van der Waals surface area contributed by atoms with Gasteiger partial charge in [0.05, 0.1) is 167 Å². The summed E-state index contributed by atoms with van der Waals surface area (Å²) in [6, 6.07) is 13.1. The van der Waals surface area contributed by atoms with Crippen LogP contribution < -0.4 is 34.9 Å². The van der Waals surface area contributed by atoms with Gasteiger partial charge in [-0.1, -0.05) is 39.8 Å². The molecule has 28 heteroatoms. The molecule has 103 heavy (non-hydrogen) atoms. The number of Topliss-reactive ketones (excluding diaryl/α,β-unsaturated/α-hetero) is 1. The molecule has 1 saturated carbocycles. The maximum atomic E-state index is 14.0. The molecule has 3 aromatic carbocycles. The number of aliphatic imine (C=N–C) groups is 2. The summed E-state index contributed by atoms with van der Waals surface area (Å²) in [5.74, 6) is -0.474. The van der Waals surface area contributed by atoms with Gasteiger partial charge in [0.1, 0.15) is 0 Å². The van der Waals surface area contributed by atoms with Gasteiger partial charge in [-0.05, 0) is 78.5 Å². The number of amides is 7. The second-order valence-corrected chi connectivity index (χ2v) is 25.5. The number of nitrogens with zero attached hydrogens (tertiary/aromatic N) is 5. The summed E-state index contributed by atoms with van der Waals surface area (Å²) in [4.78, 5) is 113. The minimum atomic E-state index is -0.649. The lowest BCUT2D eigenvalue weighted by Gasteiger charge is -2.22. The monoisotopic (exact) mass is 1430 g/mol. The Morgan fingerprint density at radius 2 is 1.06 bits per heavy atom. The van der Waals surface area contributed by atoms with Gasteiger partial charge in [0, 0.05) is 113 Å². The van der Waals surface area contributed by atoms with Gasteiger partial charge in [-0.25, -0.2) is 0 Å². The topological polar surface area (TPSA) is 318 Å². The molecule has 0 radical (unpaired) electrons. The second-order valence-electron chi connectivity index (χ2n) is 25.5. The van der Waals surface area contributed by atoms with E-state index in [1.54, 1.807) is 66.4 Å². The molecule has 0 spiro atoms. The van der Waals surface area contributed by atoms with E-state index < -0.39 is 23.8 Å². The van der Waals surface area contributed by atoms with Crippen LogP contribution in [0.15, 0.2) is 88.6 Å². The normalized spacial score (nSPS) is 17.0. The van der Waals surface area contributed by atoms with Crippen LogP contribution in [0.5, 0.6) is 23.0 Å². The van der Waals surface area contributed by atoms with Gasteiger partial charge >= 0.3 is 0 Å². The first-order valence-electron chi connectivity index (χ1n) is 35.4. The van der Waals surface area contributed by atoms with E-state index >= 15 is 0 Å². The van der Waals surface area contributed by atoms with Crippen LogP contribution in [0.25, 0.3) is 5.57 Å². The Morgan fingerprint density at radius 1 is 0.583 bits per heavy atom. The van der Waals surface area contributed by atoms with Crippen molar-refractivity contribution in [2.75, 3.05) is 152 Å². The lowest BCUT2D eigenvalue weighted by Crippen LogP contribution is -2.44. The van der Waals surface area contributed by atoms with E-state index in [-0.39, 0.29) is 79.3 Å². The third-order valence-electron chi connectivity index (χ3n) is 17.2. The van der Waals surface area contributed by atoms with E-state index in [1.807, 2.05) is 44.6 Å². The first-order valence-corrected chi connectivity index (χ1v) is 35.4. The maximum absolute atomic E-state index is 14.0. The van der Waals surface area contributed by atoms with Gasteiger partial charge in [0.2, 0.25) is 17.7 Å². The standard InChI is InChI=1S/C49H54N6O9.C26H46N2O11/c1-27(2)46(52-29(4)56)41(57)16-28(3)47(58)53-34-12-10-31(11-13-34)33-18-36-24-51-40-22-45(43(62-6)20-38(40)49(60)55(36)26-33)64-15-7-14-63-44-21-39-37(19-42(44)61-5)48(59)54-25-32(30-8-9-30)17-35(54)23-50-39;1-2-8-32-10-12-34-14-16-36-18-20-38-22-23-39-21-19-37-17-15-35-13-11-33-9-6-27-24(29)5-7-28-25(30)3-4-26(28)31/h10-13,19-28,30,35-36,46H,7-9,14-18H2,1-6H3,(H,52,56)(H,53,58);3-4H,2,5-23H2,1H3,(H,27,29)/t28-,35+,36+,46?;/m1./s1. The van der Waals surface area contributed by atoms with Gasteiger partial charge in [-0.3, -0.25) is 53.2 Å². The van der Waals surface area contributed by atoms with Crippen molar-refractivity contribution in [1.82, 2.24) is 25.3 Å². The number of carbonyl (C=O) groups excluding carboxylic acids is 8. The molecule has 6 aliphatic rings. The molecule has 9 rings (SSSR count). The molecule has 1 unspecified atom stereocenters. The molecule has 5 heterocycles. The lowest BCUT2D eigenvalue weighted by atomic mass is 9.93. The molecule has 0 saturated heterocycles. The van der Waals surface area contributed by atoms with Gasteiger partial charge in [0.25, 0.3) is 23.6 Å². The molecule has 28 nitrogen and oxygen atoms in total. The van der Waals surface area contributed by atoms with E-state index in [0.29, 0.717) is 182 Å². The highest BCUT2D eigenvalue weighted by atomic mass is 16.6. The molecule has 3 aromatic rings. The number of methoxy groups -OCH3 is 2. The molecule has 1 fully saturated rings. The minimum absolute atomic E-state index is 0.00000833. The maximum Gasteiger partial charge on any atom is 0.260 e. The Balaban J connectivity index is 0.000000297. The molecule has 4 atom stereocenters. The summed E-state index contributed by atoms with van der Waals surface area (Å²) in [7, 11) is 3.06. The van der Waals surface area contributed by atoms with Crippen molar-refractivity contribution in [3.8, 4) is 23.0 Å². The van der Waals surface area contributed by atoms with Gasteiger partial charge < -0.3 is 82.6 Å². The zero-order valence-electron chi connectivity index (χ0n) is 60.2. The van der Waals surface area contributed by atoms with Crippen LogP contribution >= 0.6 is 0 Å². The quantitative estimate of drug-likeness (QED) is 0.0366. The Kier molecular flexibility index (Phi) is 32.7. The number of benzene rings is 3. The van der Waals surface area contributed by atoms with Crippen LogP contribution in [0.3, 0.4) is 0 Å². The number of hydrogen-bond acceptors (Lipinski definition) is 22. The molecular weight excluding hydrogens is 1330 g/mol. The Bertz CT molecular complexity index is 3500. The average molecular weight is 1430 g/mol. The summed E-state index contributed by atoms with van der Waals surface area (Å²) in [6.07, 6.45) is 15.2. The molecular formula is C75H100N8O20. The molecule has 1 aliphatic carbocycles. The fourth-order valence-corrected chi connectivity index (χ4v) is 11.5. The lowest BCUT2D eigenvalue weighted by molar-refractivity contribution is -0.137. The number of nitrogens with one attached hydrogen (secondary N) is 3. The smallest absolute Gasteiger partial charge is 0.260 e. The van der Waals surface area contributed by atoms with E-state index in [4.69, 9.17) is 61.8 Å². The number of hydrogen-bond donors (Lipinski definition) is 3. The van der Waals surface area contributed by atoms with Crippen molar-refractivity contribution in [3.05, 3.63) is 95.3 Å². The summed E-state index contributed by atoms with van der Waals surface area (Å²) in [5.41, 5.74) is 5.59. The fraction of sp³-hybridized carbons (Fsp3) is 0.547. The number of carbonyl (C=O) groups is 8. The second kappa shape index (κ2) is 42.1. The van der Waals surface area contributed by atoms with Crippen LogP contribution in [0, 0.1) is 17.8 Å². The molecule has 560 valence electrons. The van der Waals surface area contributed by atoms with E-state index in [0.717, 1.165) is 35.5 Å². The van der Waals surface area contributed by atoms with Gasteiger partial charge in [-0.2, -0.15) is 0 Å². The molecule has 0 bridgehead atoms. The zero-order valence-corrected chi connectivity index (χ0v) is 60.2. The predicted octanol–water partition coefficient (Wildman–Crippen LogP) is 7.40. The van der Waals surface area contributed by atoms with E-state index in [9.17, 15) is 38.4 Å². The van der Waals surface area contributed by atoms with Crippen molar-refractivity contribution in [2.45, 2.75) is 104 Å². The Morgan fingerprint density at radius 3 is 1.52 bits per heavy atom. The number of fused-ring (bicyclic) bond motifs is 4. The number of ketones is 1. The molecule has 0 aromatic heterocycles. The van der Waals surface area contributed by atoms with Crippen LogP contribution in [0.4, 0.5) is 17.1 Å². The summed E-state index contributed by atoms with van der Waals surface area (Å²) >= 11 is 0. The number of anilines is 1. The fourth-order valence-electron chi connectivity index (χ4n) is 11.5. The van der Waals surface area contributed by atoms with Crippen LogP contribution in [-0.4, -0.2) is 239 Å². The third kappa shape index (κ3) is 25.0. The average Bonchev–Trinajstić information content (AvgIpc) is 1.66. The van der Waals surface area contributed by atoms with Gasteiger partial charge in [0.15, 0.2) is 28.8 Å². The van der Waals surface area contributed by atoms with Crippen LogP contribution in [-0.2, 0) is 66.7 Å². The van der Waals surface area contributed by atoms with Crippen molar-refractivity contribution < 1.29 is 95.2 Å². The highest BCUT2D eigenvalue weighted by Gasteiger charge is 2.39. The third-order valence-corrected chi connectivity index (χ3v) is 17.2. The summed E-state index contributed by atoms with van der Waals surface area (Å²) in [6.45, 7) is 17.9. The van der Waals surface area contributed by atoms with Crippen LogP contribution in [0.2, 0.25) is 0 Å². The first-order chi connectivity index (χ1) is 50.0. The number of ether oxygens (including phenoxy) is 12. The Labute approximate surface area is 602 Å². The van der Waals surface area contributed by atoms with E-state index in [2.05, 4.69) is 27.9 Å². The SMILES string of the molecule is CCCOCCOCCOCCOCCOCCOCCOCCOCCNC(=O)CCN1C(=O)C=CC1=O.COc1cc2c(cc1OCCCOc1cc3c(cc1OC)C(=O)N1C=C(C4CC4)C[C@H]1C=N3)N=C[C@@H]1CC(c3ccc(NC(=O)[C@H](C)CC(=O)C(NC(C)=O)C(C)C)cc3)=CN1C2=O. The van der Waals surface area contributed by atoms with Crippen molar-refractivity contribution >= 4 is 82.2 Å². The van der Waals surface area contributed by atoms with Crippen molar-refractivity contribution in [1.29, 1.82) is 0 Å². The van der Waals surface area contributed by atoms with Gasteiger partial charge in [-0.15, -0.1) is 0 Å². The summed E-state index contributed by atoms with van der Waals surface area (Å²) < 4.78 is 66.8. The number of rotatable bonds is 46. The van der Waals surface area contributed by atoms with Crippen LogP contribution in [0.1, 0.15) is 112 Å². The number of imide groups is 1. The van der Waals surface area contributed by atoms with E-state index in [1.165, 1.54) is 44.6 Å². The molecule has 3 N–H and O–H groups in total. The molecule has 5 aliphatic heterocycles. The predicted molar refractivity (Wildman–Crippen MR) is 382 cm³/mol. The van der Waals surface area contributed by atoms with Crippen molar-refractivity contribution in [2.24, 2.45) is 27.7 Å². The van der Waals surface area contributed by atoms with Crippen molar-refractivity contribution in [3.63, 3.8) is 0 Å². The first kappa shape index (κ1) is 80.0. The highest BCUT2D eigenvalue weighted by Crippen LogP contribution is 2.45. The summed E-state index contributed by atoms with van der Waals surface area (Å²) in [5, 5.41) is 8.25. The largest absolute Gasteiger partial charge is 0.493 e. The highest BCUT2D eigenvalue weighted by molar-refractivity contribution is 6.13. The zero-order chi connectivity index (χ0) is 73.5. The minimum Gasteiger partial charge on any atom is -0.493 e.